The van der Waals surface area contributed by atoms with Crippen molar-refractivity contribution in [2.45, 2.75) is 25.7 Å². The predicted octanol–water partition coefficient (Wildman–Crippen LogP) is 2.64. The number of guanidine groups is 1. The summed E-state index contributed by atoms with van der Waals surface area (Å²) < 4.78 is 0. The Labute approximate surface area is 113 Å². The Morgan fingerprint density at radius 1 is 1.39 bits per heavy atom. The van der Waals surface area contributed by atoms with Crippen molar-refractivity contribution in [2.24, 2.45) is 16.8 Å². The van der Waals surface area contributed by atoms with Crippen LogP contribution in [0.4, 0.5) is 0 Å². The molecule has 0 radical (unpaired) electrons. The average Bonchev–Trinajstić information content (AvgIpc) is 2.34. The smallest absolute Gasteiger partial charge is 0.206 e. The number of benzene rings is 1. The zero-order valence-corrected chi connectivity index (χ0v) is 11.8. The van der Waals surface area contributed by atoms with E-state index in [0.29, 0.717) is 5.92 Å². The number of nitrogens with zero attached hydrogens (tertiary/aromatic N) is 1. The van der Waals surface area contributed by atoms with Gasteiger partial charge in [-0.05, 0) is 30.5 Å². The van der Waals surface area contributed by atoms with E-state index in [-0.39, 0.29) is 5.96 Å². The van der Waals surface area contributed by atoms with Gasteiger partial charge in [0.05, 0.1) is 5.71 Å². The summed E-state index contributed by atoms with van der Waals surface area (Å²) >= 11 is 1.86. The Kier molecular flexibility index (Phi) is 5.71. The lowest BCUT2D eigenvalue weighted by Crippen LogP contribution is -2.26. The van der Waals surface area contributed by atoms with Gasteiger partial charge in [-0.25, -0.2) is 5.43 Å². The Bertz CT molecular complexity index is 423. The second-order valence-electron chi connectivity index (χ2n) is 4.45. The Morgan fingerprint density at radius 3 is 2.50 bits per heavy atom. The lowest BCUT2D eigenvalue weighted by Gasteiger charge is -2.06. The van der Waals surface area contributed by atoms with Crippen LogP contribution in [0.2, 0.25) is 0 Å². The van der Waals surface area contributed by atoms with Gasteiger partial charge in [0.1, 0.15) is 0 Å². The lowest BCUT2D eigenvalue weighted by molar-refractivity contribution is 0.750. The standard InChI is InChI=1S/C13H20N4S/c1-9(2)8-18-12-6-4-11(5-7-12)10(3)16-17-13(14)15/h4-7,9H,8H2,1-3H3,(H4,14,15,17). The van der Waals surface area contributed by atoms with Gasteiger partial charge in [-0.2, -0.15) is 5.10 Å². The van der Waals surface area contributed by atoms with Crippen molar-refractivity contribution in [1.29, 1.82) is 5.41 Å². The molecule has 0 unspecified atom stereocenters. The van der Waals surface area contributed by atoms with Crippen LogP contribution in [0.5, 0.6) is 0 Å². The van der Waals surface area contributed by atoms with Crippen LogP contribution in [0.25, 0.3) is 0 Å². The molecule has 0 aromatic heterocycles. The summed E-state index contributed by atoms with van der Waals surface area (Å²) in [5.74, 6) is 1.66. The molecule has 0 aliphatic rings. The molecule has 18 heavy (non-hydrogen) atoms. The van der Waals surface area contributed by atoms with Crippen molar-refractivity contribution in [2.75, 3.05) is 5.75 Å². The third-order valence-corrected chi connectivity index (χ3v) is 3.64. The Balaban J connectivity index is 2.64. The molecule has 0 atom stereocenters. The summed E-state index contributed by atoms with van der Waals surface area (Å²) in [5, 5.41) is 11.0. The molecule has 4 N–H and O–H groups in total. The monoisotopic (exact) mass is 264 g/mol. The van der Waals surface area contributed by atoms with Gasteiger partial charge in [0.15, 0.2) is 0 Å². The van der Waals surface area contributed by atoms with E-state index in [4.69, 9.17) is 11.1 Å². The molecule has 0 heterocycles. The van der Waals surface area contributed by atoms with E-state index in [0.717, 1.165) is 17.0 Å². The fourth-order valence-corrected chi connectivity index (χ4v) is 2.12. The molecule has 0 bridgehead atoms. The largest absolute Gasteiger partial charge is 0.369 e. The molecule has 0 amide bonds. The Hall–Kier alpha value is -1.49. The molecule has 0 saturated heterocycles. The summed E-state index contributed by atoms with van der Waals surface area (Å²) in [4.78, 5) is 1.26. The van der Waals surface area contributed by atoms with Gasteiger partial charge in [0, 0.05) is 10.6 Å². The number of nitrogens with two attached hydrogens (primary N) is 1. The van der Waals surface area contributed by atoms with Crippen LogP contribution in [0.3, 0.4) is 0 Å². The molecular weight excluding hydrogens is 244 g/mol. The van der Waals surface area contributed by atoms with Crippen LogP contribution in [-0.4, -0.2) is 17.4 Å². The van der Waals surface area contributed by atoms with Crippen molar-refractivity contribution < 1.29 is 0 Å². The first-order valence-electron chi connectivity index (χ1n) is 5.86. The highest BCUT2D eigenvalue weighted by molar-refractivity contribution is 7.99. The molecule has 0 fully saturated rings. The normalized spacial score (nSPS) is 11.7. The van der Waals surface area contributed by atoms with E-state index in [9.17, 15) is 0 Å². The molecule has 1 aromatic carbocycles. The van der Waals surface area contributed by atoms with Crippen LogP contribution < -0.4 is 11.2 Å². The molecule has 98 valence electrons. The zero-order valence-electron chi connectivity index (χ0n) is 11.0. The lowest BCUT2D eigenvalue weighted by atomic mass is 10.1. The molecule has 0 spiro atoms. The summed E-state index contributed by atoms with van der Waals surface area (Å²) in [5.41, 5.74) is 9.45. The fourth-order valence-electron chi connectivity index (χ4n) is 1.26. The number of hydrogen-bond acceptors (Lipinski definition) is 3. The predicted molar refractivity (Wildman–Crippen MR) is 79.3 cm³/mol. The van der Waals surface area contributed by atoms with Gasteiger partial charge in [-0.3, -0.25) is 5.41 Å². The fraction of sp³-hybridized carbons (Fsp3) is 0.385. The molecule has 0 saturated carbocycles. The summed E-state index contributed by atoms with van der Waals surface area (Å²) in [7, 11) is 0. The molecule has 5 heteroatoms. The topological polar surface area (TPSA) is 74.3 Å². The van der Waals surface area contributed by atoms with Gasteiger partial charge in [0.2, 0.25) is 5.96 Å². The number of hydrogen-bond donors (Lipinski definition) is 3. The highest BCUT2D eigenvalue weighted by atomic mass is 32.2. The molecule has 4 nitrogen and oxygen atoms in total. The first-order valence-corrected chi connectivity index (χ1v) is 6.85. The van der Waals surface area contributed by atoms with Crippen molar-refractivity contribution in [3.05, 3.63) is 29.8 Å². The van der Waals surface area contributed by atoms with E-state index in [1.165, 1.54) is 4.90 Å². The van der Waals surface area contributed by atoms with Crippen LogP contribution in [0.1, 0.15) is 26.3 Å². The van der Waals surface area contributed by atoms with E-state index in [2.05, 4.69) is 36.5 Å². The maximum atomic E-state index is 7.04. The molecule has 0 aliphatic carbocycles. The van der Waals surface area contributed by atoms with Crippen LogP contribution >= 0.6 is 11.8 Å². The second-order valence-corrected chi connectivity index (χ2v) is 5.55. The maximum Gasteiger partial charge on any atom is 0.206 e. The van der Waals surface area contributed by atoms with Gasteiger partial charge in [-0.15, -0.1) is 11.8 Å². The minimum atomic E-state index is -0.154. The molecule has 0 aliphatic heterocycles. The number of rotatable bonds is 5. The van der Waals surface area contributed by atoms with Crippen molar-refractivity contribution >= 4 is 23.4 Å². The van der Waals surface area contributed by atoms with Gasteiger partial charge >= 0.3 is 0 Å². The number of hydrazone groups is 1. The van der Waals surface area contributed by atoms with E-state index >= 15 is 0 Å². The van der Waals surface area contributed by atoms with E-state index in [1.54, 1.807) is 0 Å². The van der Waals surface area contributed by atoms with Crippen LogP contribution in [0.15, 0.2) is 34.3 Å². The maximum absolute atomic E-state index is 7.04. The summed E-state index contributed by atoms with van der Waals surface area (Å²) in [6, 6.07) is 8.25. The molecule has 1 rings (SSSR count). The molecular formula is C13H20N4S. The average molecular weight is 264 g/mol. The highest BCUT2D eigenvalue weighted by Gasteiger charge is 2.00. The van der Waals surface area contributed by atoms with Gasteiger partial charge in [-0.1, -0.05) is 26.0 Å². The number of nitrogens with one attached hydrogen (secondary N) is 2. The van der Waals surface area contributed by atoms with Crippen molar-refractivity contribution in [3.8, 4) is 0 Å². The quantitative estimate of drug-likeness (QED) is 0.331. The minimum absolute atomic E-state index is 0.154. The number of thioether (sulfide) groups is 1. The zero-order chi connectivity index (χ0) is 13.5. The second kappa shape index (κ2) is 7.06. The van der Waals surface area contributed by atoms with Crippen LogP contribution in [0, 0.1) is 11.3 Å². The first kappa shape index (κ1) is 14.6. The summed E-state index contributed by atoms with van der Waals surface area (Å²) in [6.45, 7) is 6.31. The van der Waals surface area contributed by atoms with Gasteiger partial charge < -0.3 is 5.73 Å². The van der Waals surface area contributed by atoms with Gasteiger partial charge in [0.25, 0.3) is 0 Å². The first-order chi connectivity index (χ1) is 8.49. The van der Waals surface area contributed by atoms with Crippen molar-refractivity contribution in [3.63, 3.8) is 0 Å². The summed E-state index contributed by atoms with van der Waals surface area (Å²) in [6.07, 6.45) is 0. The SMILES string of the molecule is CC(=NNC(=N)N)c1ccc(SCC(C)C)cc1. The third kappa shape index (κ3) is 5.23. The van der Waals surface area contributed by atoms with E-state index in [1.807, 2.05) is 30.8 Å². The van der Waals surface area contributed by atoms with Crippen molar-refractivity contribution in [1.82, 2.24) is 5.43 Å². The van der Waals surface area contributed by atoms with Crippen LogP contribution in [-0.2, 0) is 0 Å². The Morgan fingerprint density at radius 2 is 2.00 bits per heavy atom. The van der Waals surface area contributed by atoms with E-state index < -0.39 is 0 Å². The highest BCUT2D eigenvalue weighted by Crippen LogP contribution is 2.21. The minimum Gasteiger partial charge on any atom is -0.369 e. The third-order valence-electron chi connectivity index (χ3n) is 2.20. The molecule has 1 aromatic rings.